The van der Waals surface area contributed by atoms with E-state index in [0.29, 0.717) is 25.5 Å². The van der Waals surface area contributed by atoms with Crippen LogP contribution in [0.25, 0.3) is 0 Å². The van der Waals surface area contributed by atoms with Crippen LogP contribution in [-0.2, 0) is 9.53 Å². The Hall–Kier alpha value is -0.650. The molecule has 5 nitrogen and oxygen atoms in total. The number of hydrogen-bond donors (Lipinski definition) is 2. The second-order valence-corrected chi connectivity index (χ2v) is 7.10. The maximum absolute atomic E-state index is 12.0. The van der Waals surface area contributed by atoms with E-state index in [1.165, 1.54) is 12.8 Å². The first-order chi connectivity index (χ1) is 10.5. The number of carbonyl (C=O) groups excluding carboxylic acids is 1. The third-order valence-electron chi connectivity index (χ3n) is 5.42. The van der Waals surface area contributed by atoms with Crippen LogP contribution >= 0.6 is 0 Å². The molecule has 2 aliphatic rings. The zero-order chi connectivity index (χ0) is 16.0. The van der Waals surface area contributed by atoms with E-state index in [2.05, 4.69) is 17.1 Å². The first-order valence-corrected chi connectivity index (χ1v) is 8.76. The van der Waals surface area contributed by atoms with Gasteiger partial charge >= 0.3 is 0 Å². The SMILES string of the molecule is COCC[C@]1(O)CCN(CCC(=O)NC2CCCC2)C[C@H]1C. The molecule has 0 bridgehead atoms. The summed E-state index contributed by atoms with van der Waals surface area (Å²) in [5.41, 5.74) is -0.612. The smallest absolute Gasteiger partial charge is 0.221 e. The molecule has 0 spiro atoms. The predicted octanol–water partition coefficient (Wildman–Crippen LogP) is 1.54. The van der Waals surface area contributed by atoms with Gasteiger partial charge in [0, 0.05) is 45.8 Å². The number of hydrogen-bond acceptors (Lipinski definition) is 4. The van der Waals surface area contributed by atoms with Crippen molar-refractivity contribution in [3.8, 4) is 0 Å². The Bertz CT molecular complexity index is 358. The minimum atomic E-state index is -0.612. The van der Waals surface area contributed by atoms with Gasteiger partial charge in [-0.3, -0.25) is 4.79 Å². The highest BCUT2D eigenvalue weighted by atomic mass is 16.5. The Morgan fingerprint density at radius 2 is 2.14 bits per heavy atom. The van der Waals surface area contributed by atoms with Gasteiger partial charge in [0.15, 0.2) is 0 Å². The topological polar surface area (TPSA) is 61.8 Å². The van der Waals surface area contributed by atoms with Crippen molar-refractivity contribution in [2.24, 2.45) is 5.92 Å². The van der Waals surface area contributed by atoms with Gasteiger partial charge in [0.05, 0.1) is 5.60 Å². The molecule has 1 saturated carbocycles. The summed E-state index contributed by atoms with van der Waals surface area (Å²) in [5.74, 6) is 0.397. The molecule has 1 aliphatic carbocycles. The number of nitrogens with zero attached hydrogens (tertiary/aromatic N) is 1. The van der Waals surface area contributed by atoms with Crippen molar-refractivity contribution < 1.29 is 14.6 Å². The molecule has 1 saturated heterocycles. The van der Waals surface area contributed by atoms with E-state index in [1.807, 2.05) is 0 Å². The van der Waals surface area contributed by atoms with E-state index >= 15 is 0 Å². The van der Waals surface area contributed by atoms with Crippen molar-refractivity contribution in [1.82, 2.24) is 10.2 Å². The lowest BCUT2D eigenvalue weighted by atomic mass is 9.80. The van der Waals surface area contributed by atoms with Crippen LogP contribution in [-0.4, -0.2) is 60.9 Å². The van der Waals surface area contributed by atoms with E-state index in [4.69, 9.17) is 4.74 Å². The van der Waals surface area contributed by atoms with Gasteiger partial charge in [0.1, 0.15) is 0 Å². The number of piperidine rings is 1. The van der Waals surface area contributed by atoms with Crippen LogP contribution < -0.4 is 5.32 Å². The number of amides is 1. The highest BCUT2D eigenvalue weighted by molar-refractivity contribution is 5.76. The first-order valence-electron chi connectivity index (χ1n) is 8.76. The molecule has 0 radical (unpaired) electrons. The van der Waals surface area contributed by atoms with Gasteiger partial charge < -0.3 is 20.1 Å². The van der Waals surface area contributed by atoms with Gasteiger partial charge in [-0.25, -0.2) is 0 Å². The monoisotopic (exact) mass is 312 g/mol. The van der Waals surface area contributed by atoms with E-state index < -0.39 is 5.60 Å². The molecular formula is C17H32N2O3. The number of nitrogens with one attached hydrogen (secondary N) is 1. The van der Waals surface area contributed by atoms with E-state index in [9.17, 15) is 9.90 Å². The zero-order valence-electron chi connectivity index (χ0n) is 14.1. The van der Waals surface area contributed by atoms with Crippen LogP contribution in [0.2, 0.25) is 0 Å². The number of methoxy groups -OCH3 is 1. The Morgan fingerprint density at radius 3 is 2.77 bits per heavy atom. The fourth-order valence-electron chi connectivity index (χ4n) is 3.73. The van der Waals surface area contributed by atoms with Crippen LogP contribution in [0.4, 0.5) is 0 Å². The van der Waals surface area contributed by atoms with E-state index in [0.717, 1.165) is 38.9 Å². The molecule has 0 unspecified atom stereocenters. The molecule has 1 amide bonds. The quantitative estimate of drug-likeness (QED) is 0.749. The van der Waals surface area contributed by atoms with Crippen molar-refractivity contribution in [3.63, 3.8) is 0 Å². The Balaban J connectivity index is 1.68. The summed E-state index contributed by atoms with van der Waals surface area (Å²) < 4.78 is 5.10. The molecular weight excluding hydrogens is 280 g/mol. The fourth-order valence-corrected chi connectivity index (χ4v) is 3.73. The molecule has 2 N–H and O–H groups in total. The van der Waals surface area contributed by atoms with Crippen LogP contribution in [0.15, 0.2) is 0 Å². The van der Waals surface area contributed by atoms with Gasteiger partial charge in [-0.1, -0.05) is 19.8 Å². The molecule has 1 heterocycles. The lowest BCUT2D eigenvalue weighted by molar-refractivity contribution is -0.122. The van der Waals surface area contributed by atoms with Gasteiger partial charge in [0.25, 0.3) is 0 Å². The first kappa shape index (κ1) is 17.7. The number of rotatable bonds is 7. The number of likely N-dealkylation sites (tertiary alicyclic amines) is 1. The molecule has 2 fully saturated rings. The summed E-state index contributed by atoms with van der Waals surface area (Å²) in [5, 5.41) is 13.8. The standard InChI is InChI=1S/C17H32N2O3/c1-14-13-19(11-8-17(14,21)9-12-22-2)10-7-16(20)18-15-5-3-4-6-15/h14-15,21H,3-13H2,1-2H3,(H,18,20)/t14-,17-/m1/s1. The Labute approximate surface area is 134 Å². The van der Waals surface area contributed by atoms with Crippen molar-refractivity contribution in [1.29, 1.82) is 0 Å². The van der Waals surface area contributed by atoms with Crippen LogP contribution in [0.1, 0.15) is 51.9 Å². The zero-order valence-corrected chi connectivity index (χ0v) is 14.1. The van der Waals surface area contributed by atoms with Crippen LogP contribution in [0, 0.1) is 5.92 Å². The molecule has 22 heavy (non-hydrogen) atoms. The summed E-state index contributed by atoms with van der Waals surface area (Å²) in [6.45, 7) is 5.21. The number of carbonyl (C=O) groups is 1. The molecule has 0 aromatic rings. The van der Waals surface area contributed by atoms with Crippen molar-refractivity contribution in [3.05, 3.63) is 0 Å². The minimum Gasteiger partial charge on any atom is -0.389 e. The summed E-state index contributed by atoms with van der Waals surface area (Å²) in [7, 11) is 1.67. The average molecular weight is 312 g/mol. The number of ether oxygens (including phenoxy) is 1. The van der Waals surface area contributed by atoms with Crippen LogP contribution in [0.3, 0.4) is 0 Å². The van der Waals surface area contributed by atoms with Gasteiger partial charge in [-0.15, -0.1) is 0 Å². The molecule has 0 aromatic carbocycles. The summed E-state index contributed by atoms with van der Waals surface area (Å²) in [4.78, 5) is 14.3. The average Bonchev–Trinajstić information content (AvgIpc) is 2.99. The number of aliphatic hydroxyl groups is 1. The lowest BCUT2D eigenvalue weighted by Gasteiger charge is -2.43. The highest BCUT2D eigenvalue weighted by Crippen LogP contribution is 2.30. The third-order valence-corrected chi connectivity index (χ3v) is 5.42. The molecule has 0 aromatic heterocycles. The normalized spacial score (nSPS) is 30.6. The van der Waals surface area contributed by atoms with Gasteiger partial charge in [0.2, 0.25) is 5.91 Å². The summed E-state index contributed by atoms with van der Waals surface area (Å²) in [6, 6.07) is 0.409. The molecule has 1 aliphatic heterocycles. The molecule has 2 rings (SSSR count). The Kier molecular flexibility index (Phi) is 6.66. The van der Waals surface area contributed by atoms with Crippen molar-refractivity contribution >= 4 is 5.91 Å². The maximum Gasteiger partial charge on any atom is 0.221 e. The largest absolute Gasteiger partial charge is 0.389 e. The van der Waals surface area contributed by atoms with Crippen molar-refractivity contribution in [2.45, 2.75) is 63.5 Å². The fraction of sp³-hybridized carbons (Fsp3) is 0.941. The van der Waals surface area contributed by atoms with E-state index in [1.54, 1.807) is 7.11 Å². The second kappa shape index (κ2) is 8.27. The lowest BCUT2D eigenvalue weighted by Crippen LogP contribution is -2.51. The molecule has 5 heteroatoms. The summed E-state index contributed by atoms with van der Waals surface area (Å²) in [6.07, 6.45) is 6.80. The van der Waals surface area contributed by atoms with E-state index in [-0.39, 0.29) is 11.8 Å². The minimum absolute atomic E-state index is 0.180. The van der Waals surface area contributed by atoms with Crippen LogP contribution in [0.5, 0.6) is 0 Å². The molecule has 2 atom stereocenters. The highest BCUT2D eigenvalue weighted by Gasteiger charge is 2.38. The summed E-state index contributed by atoms with van der Waals surface area (Å²) >= 11 is 0. The van der Waals surface area contributed by atoms with Crippen molar-refractivity contribution in [2.75, 3.05) is 33.4 Å². The predicted molar refractivity (Wildman–Crippen MR) is 86.7 cm³/mol. The second-order valence-electron chi connectivity index (χ2n) is 7.10. The third kappa shape index (κ3) is 4.93. The maximum atomic E-state index is 12.0. The van der Waals surface area contributed by atoms with Gasteiger partial charge in [-0.2, -0.15) is 0 Å². The molecule has 128 valence electrons. The van der Waals surface area contributed by atoms with Gasteiger partial charge in [-0.05, 0) is 31.6 Å². The Morgan fingerprint density at radius 1 is 1.41 bits per heavy atom.